The van der Waals surface area contributed by atoms with E-state index in [-0.39, 0.29) is 42.8 Å². The fraction of sp³-hybridized carbons (Fsp3) is 0.417. The molecule has 1 aromatic heterocycles. The predicted molar refractivity (Wildman–Crippen MR) is 117 cm³/mol. The van der Waals surface area contributed by atoms with E-state index in [1.165, 1.54) is 4.90 Å². The Balaban J connectivity index is 1.87. The number of benzene rings is 1. The average Bonchev–Trinajstić information content (AvgIpc) is 2.96. The van der Waals surface area contributed by atoms with E-state index < -0.39 is 29.5 Å². The third-order valence-electron chi connectivity index (χ3n) is 6.63. The van der Waals surface area contributed by atoms with Crippen LogP contribution in [0.15, 0.2) is 41.2 Å². The number of hydrogen-bond donors (Lipinski definition) is 1. The molecular formula is C24H27F2N3O3. The van der Waals surface area contributed by atoms with Crippen LogP contribution in [0, 0.1) is 23.5 Å². The van der Waals surface area contributed by atoms with Crippen molar-refractivity contribution in [2.75, 3.05) is 20.7 Å². The normalized spacial score (nSPS) is 24.7. The second-order valence-corrected chi connectivity index (χ2v) is 8.65. The Morgan fingerprint density at radius 3 is 2.66 bits per heavy atom. The van der Waals surface area contributed by atoms with Crippen LogP contribution in [0.5, 0.6) is 0 Å². The van der Waals surface area contributed by atoms with Crippen LogP contribution >= 0.6 is 0 Å². The highest BCUT2D eigenvalue weighted by Crippen LogP contribution is 2.49. The van der Waals surface area contributed by atoms with Crippen molar-refractivity contribution in [3.05, 3.63) is 75.2 Å². The zero-order chi connectivity index (χ0) is 23.2. The molecule has 6 nitrogen and oxygen atoms in total. The number of pyridine rings is 1. The molecule has 0 spiro atoms. The first kappa shape index (κ1) is 22.4. The highest BCUT2D eigenvalue weighted by Gasteiger charge is 2.56. The molecule has 0 saturated carbocycles. The van der Waals surface area contributed by atoms with Gasteiger partial charge in [0.25, 0.3) is 5.56 Å². The van der Waals surface area contributed by atoms with Crippen molar-refractivity contribution in [3.63, 3.8) is 0 Å². The maximum Gasteiger partial charge on any atom is 0.258 e. The fourth-order valence-electron chi connectivity index (χ4n) is 5.20. The maximum absolute atomic E-state index is 14.5. The third-order valence-corrected chi connectivity index (χ3v) is 6.63. The minimum atomic E-state index is -0.614. The Hall–Kier alpha value is -2.84. The van der Waals surface area contributed by atoms with E-state index in [1.807, 2.05) is 17.9 Å². The Morgan fingerprint density at radius 1 is 1.25 bits per heavy atom. The molecule has 0 unspecified atom stereocenters. The lowest BCUT2D eigenvalue weighted by atomic mass is 9.86. The molecular weight excluding hydrogens is 416 g/mol. The van der Waals surface area contributed by atoms with Gasteiger partial charge in [-0.3, -0.25) is 14.5 Å². The summed E-state index contributed by atoms with van der Waals surface area (Å²) in [7, 11) is 3.30. The Labute approximate surface area is 185 Å². The topological polar surface area (TPSA) is 65.8 Å². The summed E-state index contributed by atoms with van der Waals surface area (Å²) in [6.07, 6.45) is 3.52. The Morgan fingerprint density at radius 2 is 2.00 bits per heavy atom. The smallest absolute Gasteiger partial charge is 0.258 e. The zero-order valence-electron chi connectivity index (χ0n) is 18.3. The summed E-state index contributed by atoms with van der Waals surface area (Å²) in [5.41, 5.74) is 1.20. The maximum atomic E-state index is 14.5. The minimum Gasteiger partial charge on any atom is -0.396 e. The van der Waals surface area contributed by atoms with Gasteiger partial charge in [-0.1, -0.05) is 12.2 Å². The van der Waals surface area contributed by atoms with Crippen molar-refractivity contribution >= 4 is 12.0 Å². The molecule has 1 aromatic carbocycles. The Kier molecular flexibility index (Phi) is 6.01. The number of aliphatic hydroxyl groups is 1. The number of carbonyl (C=O) groups excluding carboxylic acids is 1. The first-order chi connectivity index (χ1) is 15.3. The van der Waals surface area contributed by atoms with Crippen LogP contribution in [0.1, 0.15) is 29.8 Å². The SMILES string of the molecule is C/C=C/c1ccc2n(c1=O)C[C@H]1[C@H](CO)[C@@H](C(=O)N(C)C)[C@@H]2N1Cc1cc(F)ccc1F. The van der Waals surface area contributed by atoms with Crippen LogP contribution in [-0.4, -0.2) is 52.1 Å². The number of halogens is 2. The van der Waals surface area contributed by atoms with Crippen molar-refractivity contribution in [2.24, 2.45) is 11.8 Å². The third kappa shape index (κ3) is 3.57. The summed E-state index contributed by atoms with van der Waals surface area (Å²) in [6.45, 7) is 1.90. The summed E-state index contributed by atoms with van der Waals surface area (Å²) in [5, 5.41) is 10.3. The van der Waals surface area contributed by atoms with Gasteiger partial charge in [0.1, 0.15) is 11.6 Å². The second-order valence-electron chi connectivity index (χ2n) is 8.65. The summed E-state index contributed by atoms with van der Waals surface area (Å²) >= 11 is 0. The lowest BCUT2D eigenvalue weighted by Gasteiger charge is -2.38. The van der Waals surface area contributed by atoms with Gasteiger partial charge in [-0.25, -0.2) is 8.78 Å². The predicted octanol–water partition coefficient (Wildman–Crippen LogP) is 2.41. The monoisotopic (exact) mass is 443 g/mol. The molecule has 2 aliphatic heterocycles. The van der Waals surface area contributed by atoms with Crippen LogP contribution in [0.25, 0.3) is 6.08 Å². The average molecular weight is 443 g/mol. The number of aliphatic hydroxyl groups excluding tert-OH is 1. The van der Waals surface area contributed by atoms with Gasteiger partial charge in [0.2, 0.25) is 5.91 Å². The molecule has 4 rings (SSSR count). The molecule has 0 aliphatic carbocycles. The number of carbonyl (C=O) groups is 1. The number of rotatable bonds is 5. The molecule has 8 heteroatoms. The molecule has 0 radical (unpaired) electrons. The van der Waals surface area contributed by atoms with E-state index >= 15 is 0 Å². The van der Waals surface area contributed by atoms with Gasteiger partial charge in [-0.15, -0.1) is 0 Å². The van der Waals surface area contributed by atoms with E-state index in [1.54, 1.807) is 36.9 Å². The van der Waals surface area contributed by atoms with E-state index in [0.29, 0.717) is 11.3 Å². The summed E-state index contributed by atoms with van der Waals surface area (Å²) in [6, 6.07) is 5.92. The van der Waals surface area contributed by atoms with Gasteiger partial charge < -0.3 is 14.6 Å². The van der Waals surface area contributed by atoms with Crippen LogP contribution in [-0.2, 0) is 17.9 Å². The fourth-order valence-corrected chi connectivity index (χ4v) is 5.20. The molecule has 1 saturated heterocycles. The van der Waals surface area contributed by atoms with Crippen LogP contribution < -0.4 is 5.56 Å². The first-order valence-electron chi connectivity index (χ1n) is 10.7. The molecule has 2 aliphatic rings. The van der Waals surface area contributed by atoms with Gasteiger partial charge in [0.05, 0.1) is 12.0 Å². The second kappa shape index (κ2) is 8.60. The minimum absolute atomic E-state index is 0.0669. The Bertz CT molecular complexity index is 1130. The largest absolute Gasteiger partial charge is 0.396 e. The molecule has 1 fully saturated rings. The number of amides is 1. The standard InChI is InChI=1S/C24H27F2N3O3/c1-4-5-14-6-9-19-22-21(24(32)27(2)3)17(13-30)20(12-29(19)23(14)31)28(22)11-15-10-16(25)7-8-18(15)26/h4-10,17,20-22,30H,11-13H2,1-3H3/b5-4+/t17-,20-,21+,22+/m0/s1. The lowest BCUT2D eigenvalue weighted by Crippen LogP contribution is -2.46. The van der Waals surface area contributed by atoms with Crippen molar-refractivity contribution in [1.82, 2.24) is 14.4 Å². The van der Waals surface area contributed by atoms with Crippen molar-refractivity contribution in [1.29, 1.82) is 0 Å². The highest BCUT2D eigenvalue weighted by atomic mass is 19.1. The molecule has 1 N–H and O–H groups in total. The van der Waals surface area contributed by atoms with Crippen molar-refractivity contribution < 1.29 is 18.7 Å². The van der Waals surface area contributed by atoms with E-state index in [9.17, 15) is 23.5 Å². The van der Waals surface area contributed by atoms with E-state index in [4.69, 9.17) is 0 Å². The quantitative estimate of drug-likeness (QED) is 0.771. The van der Waals surface area contributed by atoms with Crippen molar-refractivity contribution in [3.8, 4) is 0 Å². The highest BCUT2D eigenvalue weighted by molar-refractivity contribution is 5.80. The molecule has 2 bridgehead atoms. The molecule has 4 atom stereocenters. The number of aromatic nitrogens is 1. The van der Waals surface area contributed by atoms with Gasteiger partial charge in [-0.2, -0.15) is 0 Å². The van der Waals surface area contributed by atoms with Crippen molar-refractivity contribution in [2.45, 2.75) is 32.1 Å². The summed E-state index contributed by atoms with van der Waals surface area (Å²) in [4.78, 5) is 29.7. The van der Waals surface area contributed by atoms with Crippen LogP contribution in [0.2, 0.25) is 0 Å². The van der Waals surface area contributed by atoms with E-state index in [2.05, 4.69) is 0 Å². The van der Waals surface area contributed by atoms with Crippen LogP contribution in [0.3, 0.4) is 0 Å². The molecule has 32 heavy (non-hydrogen) atoms. The number of hydrogen-bond acceptors (Lipinski definition) is 4. The van der Waals surface area contributed by atoms with E-state index in [0.717, 1.165) is 18.2 Å². The number of allylic oxidation sites excluding steroid dienone is 1. The number of fused-ring (bicyclic) bond motifs is 4. The summed E-state index contributed by atoms with van der Waals surface area (Å²) in [5.74, 6) is -2.31. The van der Waals surface area contributed by atoms with Gasteiger partial charge in [0, 0.05) is 62.6 Å². The summed E-state index contributed by atoms with van der Waals surface area (Å²) < 4.78 is 30.0. The lowest BCUT2D eigenvalue weighted by molar-refractivity contribution is -0.135. The zero-order valence-corrected chi connectivity index (χ0v) is 18.3. The van der Waals surface area contributed by atoms with Gasteiger partial charge >= 0.3 is 0 Å². The van der Waals surface area contributed by atoms with Gasteiger partial charge in [-0.05, 0) is 37.3 Å². The molecule has 2 aromatic rings. The van der Waals surface area contributed by atoms with Gasteiger partial charge in [0.15, 0.2) is 0 Å². The van der Waals surface area contributed by atoms with Crippen LogP contribution in [0.4, 0.5) is 8.78 Å². The molecule has 1 amide bonds. The molecule has 3 heterocycles. The first-order valence-corrected chi connectivity index (χ1v) is 10.7. The number of nitrogens with zero attached hydrogens (tertiary/aromatic N) is 3. The molecule has 170 valence electrons.